The third-order valence-corrected chi connectivity index (χ3v) is 11.1. The molecule has 0 unspecified atom stereocenters. The molecule has 0 saturated heterocycles. The molecule has 160 valence electrons. The molecule has 31 heavy (non-hydrogen) atoms. The first-order valence-electron chi connectivity index (χ1n) is 11.0. The minimum absolute atomic E-state index is 0.0454. The number of H-pyrrole nitrogens is 1. The van der Waals surface area contributed by atoms with E-state index in [-0.39, 0.29) is 11.1 Å². The van der Waals surface area contributed by atoms with E-state index < -0.39 is 8.32 Å². The van der Waals surface area contributed by atoms with Gasteiger partial charge in [-0.3, -0.25) is 0 Å². The van der Waals surface area contributed by atoms with Crippen LogP contribution in [0.1, 0.15) is 26.3 Å². The Balaban J connectivity index is 1.65. The largest absolute Gasteiger partial charge is 0.406 e. The maximum absolute atomic E-state index is 6.99. The van der Waals surface area contributed by atoms with E-state index in [0.717, 1.165) is 11.9 Å². The van der Waals surface area contributed by atoms with Crippen molar-refractivity contribution in [2.45, 2.75) is 38.3 Å². The van der Waals surface area contributed by atoms with Crippen LogP contribution >= 0.6 is 0 Å². The number of nitrogens with two attached hydrogens (primary N) is 1. The van der Waals surface area contributed by atoms with Crippen LogP contribution in [0.25, 0.3) is 10.9 Å². The van der Waals surface area contributed by atoms with Crippen molar-refractivity contribution in [1.82, 2.24) is 4.98 Å². The molecule has 3 aromatic carbocycles. The second kappa shape index (κ2) is 8.83. The smallest absolute Gasteiger partial charge is 0.261 e. The number of hydrogen-bond acceptors (Lipinski definition) is 2. The molecule has 0 aliphatic heterocycles. The van der Waals surface area contributed by atoms with Crippen molar-refractivity contribution >= 4 is 29.6 Å². The number of nitrogens with one attached hydrogen (secondary N) is 1. The summed E-state index contributed by atoms with van der Waals surface area (Å²) in [7, 11) is -2.55. The number of benzene rings is 3. The van der Waals surface area contributed by atoms with E-state index in [0.29, 0.717) is 6.61 Å². The van der Waals surface area contributed by atoms with E-state index in [2.05, 4.69) is 117 Å². The Morgan fingerprint density at radius 2 is 1.39 bits per heavy atom. The normalized spacial score (nSPS) is 13.4. The van der Waals surface area contributed by atoms with Crippen LogP contribution in [0, 0.1) is 0 Å². The predicted octanol–water partition coefficient (Wildman–Crippen LogP) is 4.61. The third kappa shape index (κ3) is 4.24. The van der Waals surface area contributed by atoms with Gasteiger partial charge in [0.05, 0.1) is 6.61 Å². The highest BCUT2D eigenvalue weighted by molar-refractivity contribution is 6.99. The first kappa shape index (κ1) is 21.6. The molecule has 0 bridgehead atoms. The van der Waals surface area contributed by atoms with Gasteiger partial charge in [0.1, 0.15) is 0 Å². The third-order valence-electron chi connectivity index (χ3n) is 6.09. The van der Waals surface area contributed by atoms with E-state index >= 15 is 0 Å². The average Bonchev–Trinajstić information content (AvgIpc) is 3.17. The number of para-hydroxylation sites is 1. The van der Waals surface area contributed by atoms with E-state index in [4.69, 9.17) is 10.2 Å². The van der Waals surface area contributed by atoms with Gasteiger partial charge in [-0.15, -0.1) is 0 Å². The van der Waals surface area contributed by atoms with E-state index in [1.807, 2.05) is 0 Å². The molecule has 0 fully saturated rings. The van der Waals surface area contributed by atoms with Gasteiger partial charge >= 0.3 is 0 Å². The molecule has 4 rings (SSSR count). The van der Waals surface area contributed by atoms with Crippen LogP contribution in [0.15, 0.2) is 91.1 Å². The highest BCUT2D eigenvalue weighted by Crippen LogP contribution is 2.36. The lowest BCUT2D eigenvalue weighted by Crippen LogP contribution is -2.67. The first-order valence-corrected chi connectivity index (χ1v) is 12.9. The molecular weight excluding hydrogens is 396 g/mol. The van der Waals surface area contributed by atoms with Crippen LogP contribution in [0.4, 0.5) is 0 Å². The number of aromatic nitrogens is 1. The minimum atomic E-state index is -2.55. The molecule has 0 aliphatic carbocycles. The van der Waals surface area contributed by atoms with Crippen LogP contribution in [0.5, 0.6) is 0 Å². The second-order valence-electron chi connectivity index (χ2n) is 9.30. The number of fused-ring (bicyclic) bond motifs is 1. The average molecular weight is 429 g/mol. The SMILES string of the molecule is CC(C)(C)[Si](OC[C@@H](N)Cc1c[nH]c2ccccc12)(c1ccccc1)c1ccccc1. The van der Waals surface area contributed by atoms with Crippen LogP contribution in [-0.2, 0) is 10.8 Å². The zero-order chi connectivity index (χ0) is 21.9. The Bertz CT molecular complexity index is 1080. The van der Waals surface area contributed by atoms with Crippen LogP contribution in [0.2, 0.25) is 5.04 Å². The summed E-state index contributed by atoms with van der Waals surface area (Å²) in [6.07, 6.45) is 2.86. The Morgan fingerprint density at radius 1 is 0.839 bits per heavy atom. The van der Waals surface area contributed by atoms with Gasteiger partial charge in [0.2, 0.25) is 0 Å². The number of hydrogen-bond donors (Lipinski definition) is 2. The van der Waals surface area contributed by atoms with Crippen LogP contribution in [0.3, 0.4) is 0 Å². The molecule has 1 aromatic heterocycles. The zero-order valence-corrected chi connectivity index (χ0v) is 19.6. The molecule has 0 spiro atoms. The van der Waals surface area contributed by atoms with Gasteiger partial charge in [-0.1, -0.05) is 99.6 Å². The molecule has 1 heterocycles. The van der Waals surface area contributed by atoms with E-state index in [9.17, 15) is 0 Å². The molecule has 3 N–H and O–H groups in total. The van der Waals surface area contributed by atoms with Crippen LogP contribution in [-0.4, -0.2) is 26.0 Å². The Hall–Kier alpha value is -2.66. The molecular formula is C27H32N2OSi. The molecule has 4 aromatic rings. The lowest BCUT2D eigenvalue weighted by atomic mass is 10.1. The number of aromatic amines is 1. The maximum atomic E-state index is 6.99. The molecule has 1 atom stereocenters. The summed E-state index contributed by atoms with van der Waals surface area (Å²) in [5.74, 6) is 0. The van der Waals surface area contributed by atoms with Gasteiger partial charge in [0, 0.05) is 23.1 Å². The van der Waals surface area contributed by atoms with Crippen LogP contribution < -0.4 is 16.1 Å². The molecule has 0 aliphatic rings. The van der Waals surface area contributed by atoms with E-state index in [1.165, 1.54) is 21.3 Å². The van der Waals surface area contributed by atoms with Gasteiger partial charge in [-0.25, -0.2) is 0 Å². The summed E-state index contributed by atoms with van der Waals surface area (Å²) in [5.41, 5.74) is 9.04. The molecule has 3 nitrogen and oxygen atoms in total. The van der Waals surface area contributed by atoms with Crippen molar-refractivity contribution in [2.75, 3.05) is 6.61 Å². The quantitative estimate of drug-likeness (QED) is 0.422. The number of rotatable bonds is 7. The van der Waals surface area contributed by atoms with Gasteiger partial charge in [0.15, 0.2) is 0 Å². The summed E-state index contributed by atoms with van der Waals surface area (Å²) in [6.45, 7) is 7.41. The second-order valence-corrected chi connectivity index (χ2v) is 13.6. The van der Waals surface area contributed by atoms with Crippen molar-refractivity contribution in [3.63, 3.8) is 0 Å². The summed E-state index contributed by atoms with van der Waals surface area (Å²) in [6, 6.07) is 29.7. The highest BCUT2D eigenvalue weighted by Gasteiger charge is 2.50. The fraction of sp³-hybridized carbons (Fsp3) is 0.259. The van der Waals surface area contributed by atoms with Crippen molar-refractivity contribution in [3.8, 4) is 0 Å². The van der Waals surface area contributed by atoms with Gasteiger partial charge in [-0.05, 0) is 33.5 Å². The summed E-state index contributed by atoms with van der Waals surface area (Å²) >= 11 is 0. The van der Waals surface area contributed by atoms with Crippen molar-refractivity contribution in [1.29, 1.82) is 0 Å². The Kier molecular flexibility index (Phi) is 6.14. The lowest BCUT2D eigenvalue weighted by Gasteiger charge is -2.43. The summed E-state index contributed by atoms with van der Waals surface area (Å²) < 4.78 is 6.99. The van der Waals surface area contributed by atoms with Gasteiger partial charge < -0.3 is 15.1 Å². The molecule has 4 heteroatoms. The zero-order valence-electron chi connectivity index (χ0n) is 18.6. The van der Waals surface area contributed by atoms with E-state index in [1.54, 1.807) is 0 Å². The standard InChI is InChI=1S/C27H32N2OSi/c1-27(2,3)31(23-12-6-4-7-13-23,24-14-8-5-9-15-24)30-20-22(28)18-21-19-29-26-17-11-10-16-25(21)26/h4-17,19,22,29H,18,20,28H2,1-3H3/t22-/m0/s1. The minimum Gasteiger partial charge on any atom is -0.406 e. The molecule has 0 saturated carbocycles. The van der Waals surface area contributed by atoms with Crippen molar-refractivity contribution in [2.24, 2.45) is 5.73 Å². The Labute approximate surface area is 186 Å². The van der Waals surface area contributed by atoms with Gasteiger partial charge in [0.25, 0.3) is 8.32 Å². The lowest BCUT2D eigenvalue weighted by molar-refractivity contribution is 0.271. The summed E-state index contributed by atoms with van der Waals surface area (Å²) in [4.78, 5) is 3.35. The fourth-order valence-electron chi connectivity index (χ4n) is 4.64. The highest BCUT2D eigenvalue weighted by atomic mass is 28.4. The van der Waals surface area contributed by atoms with Gasteiger partial charge in [-0.2, -0.15) is 0 Å². The molecule has 0 radical (unpaired) electrons. The first-order chi connectivity index (χ1) is 14.9. The maximum Gasteiger partial charge on any atom is 0.261 e. The fourth-order valence-corrected chi connectivity index (χ4v) is 9.26. The van der Waals surface area contributed by atoms with Crippen molar-refractivity contribution < 1.29 is 4.43 Å². The topological polar surface area (TPSA) is 51.0 Å². The molecule has 0 amide bonds. The summed E-state index contributed by atoms with van der Waals surface area (Å²) in [5, 5.41) is 3.76. The van der Waals surface area contributed by atoms with Crippen molar-refractivity contribution in [3.05, 3.63) is 96.7 Å². The monoisotopic (exact) mass is 428 g/mol. The predicted molar refractivity (Wildman–Crippen MR) is 134 cm³/mol. The Morgan fingerprint density at radius 3 is 1.97 bits per heavy atom.